The molecule has 1 aliphatic rings. The van der Waals surface area contributed by atoms with Crippen molar-refractivity contribution < 1.29 is 12.7 Å². The van der Waals surface area contributed by atoms with Crippen LogP contribution >= 0.6 is 0 Å². The lowest BCUT2D eigenvalue weighted by Crippen LogP contribution is -2.29. The number of rotatable bonds is 2. The molecule has 0 saturated carbocycles. The Morgan fingerprint density at radius 2 is 2.18 bits per heavy atom. The summed E-state index contributed by atoms with van der Waals surface area (Å²) in [6.07, 6.45) is 5.78. The van der Waals surface area contributed by atoms with Gasteiger partial charge in [-0.2, -0.15) is 17.8 Å². The average Bonchev–Trinajstić information content (AvgIpc) is 1.85. The summed E-state index contributed by atoms with van der Waals surface area (Å²) in [6.45, 7) is 1.19. The van der Waals surface area contributed by atoms with E-state index in [1.54, 1.807) is 0 Å². The highest BCUT2D eigenvalue weighted by molar-refractivity contribution is 7.85. The molecule has 0 N–H and O–H groups in total. The standard InChI is InChI=1S/C6H11NO3S/c1-11(8,9)10-7-5-3-2-4-6-7/h2-3H,4-6H2,1H3. The van der Waals surface area contributed by atoms with Crippen LogP contribution in [0.25, 0.3) is 0 Å². The van der Waals surface area contributed by atoms with E-state index in [0.29, 0.717) is 13.1 Å². The summed E-state index contributed by atoms with van der Waals surface area (Å²) >= 11 is 0. The molecule has 0 spiro atoms. The molecular weight excluding hydrogens is 166 g/mol. The van der Waals surface area contributed by atoms with Crippen LogP contribution in [0.3, 0.4) is 0 Å². The van der Waals surface area contributed by atoms with Gasteiger partial charge in [0.05, 0.1) is 6.26 Å². The van der Waals surface area contributed by atoms with Crippen LogP contribution in [0.1, 0.15) is 6.42 Å². The molecule has 0 amide bonds. The van der Waals surface area contributed by atoms with E-state index in [4.69, 9.17) is 0 Å². The third-order valence-corrected chi connectivity index (χ3v) is 1.74. The van der Waals surface area contributed by atoms with E-state index in [1.165, 1.54) is 5.06 Å². The van der Waals surface area contributed by atoms with Gasteiger partial charge in [0.25, 0.3) is 10.1 Å². The topological polar surface area (TPSA) is 46.6 Å². The van der Waals surface area contributed by atoms with Crippen LogP contribution in [0.4, 0.5) is 0 Å². The Kier molecular flexibility index (Phi) is 2.64. The molecule has 11 heavy (non-hydrogen) atoms. The molecule has 0 aromatic rings. The van der Waals surface area contributed by atoms with Gasteiger partial charge in [-0.25, -0.2) is 0 Å². The number of nitrogens with zero attached hydrogens (tertiary/aromatic N) is 1. The van der Waals surface area contributed by atoms with Gasteiger partial charge in [-0.05, 0) is 6.42 Å². The van der Waals surface area contributed by atoms with E-state index in [0.717, 1.165) is 12.7 Å². The van der Waals surface area contributed by atoms with Crippen LogP contribution in [0.5, 0.6) is 0 Å². The predicted molar refractivity (Wildman–Crippen MR) is 41.3 cm³/mol. The van der Waals surface area contributed by atoms with Crippen LogP contribution in [-0.2, 0) is 14.4 Å². The van der Waals surface area contributed by atoms with Gasteiger partial charge in [-0.3, -0.25) is 0 Å². The molecule has 0 aromatic carbocycles. The van der Waals surface area contributed by atoms with Crippen molar-refractivity contribution in [3.8, 4) is 0 Å². The zero-order chi connectivity index (χ0) is 8.32. The maximum atomic E-state index is 10.6. The van der Waals surface area contributed by atoms with Gasteiger partial charge in [-0.1, -0.05) is 12.2 Å². The molecular formula is C6H11NO3S. The first-order valence-electron chi connectivity index (χ1n) is 3.37. The first-order valence-corrected chi connectivity index (χ1v) is 5.19. The Hall–Kier alpha value is -0.390. The van der Waals surface area contributed by atoms with Crippen LogP contribution in [0, 0.1) is 0 Å². The smallest absolute Gasteiger partial charge is 0.198 e. The third kappa shape index (κ3) is 3.50. The molecule has 64 valence electrons. The number of hydrogen-bond donors (Lipinski definition) is 0. The molecule has 0 radical (unpaired) electrons. The van der Waals surface area contributed by atoms with Gasteiger partial charge in [0.2, 0.25) is 0 Å². The summed E-state index contributed by atoms with van der Waals surface area (Å²) in [7, 11) is -3.33. The van der Waals surface area contributed by atoms with Crippen molar-refractivity contribution in [1.82, 2.24) is 5.06 Å². The third-order valence-electron chi connectivity index (χ3n) is 1.26. The maximum Gasteiger partial charge on any atom is 0.280 e. The van der Waals surface area contributed by atoms with Crippen molar-refractivity contribution in [3.05, 3.63) is 12.2 Å². The molecule has 0 atom stereocenters. The molecule has 1 rings (SSSR count). The van der Waals surface area contributed by atoms with E-state index in [1.807, 2.05) is 12.2 Å². The lowest BCUT2D eigenvalue weighted by molar-refractivity contribution is -0.0409. The summed E-state index contributed by atoms with van der Waals surface area (Å²) in [5.41, 5.74) is 0. The molecule has 5 heteroatoms. The highest BCUT2D eigenvalue weighted by atomic mass is 32.2. The molecule has 0 bridgehead atoms. The zero-order valence-corrected chi connectivity index (χ0v) is 7.17. The Morgan fingerprint density at radius 1 is 1.45 bits per heavy atom. The molecule has 1 aliphatic heterocycles. The van der Waals surface area contributed by atoms with Crippen LogP contribution in [0.2, 0.25) is 0 Å². The molecule has 4 nitrogen and oxygen atoms in total. The van der Waals surface area contributed by atoms with Gasteiger partial charge < -0.3 is 0 Å². The molecule has 0 aromatic heterocycles. The summed E-state index contributed by atoms with van der Waals surface area (Å²) in [6, 6.07) is 0. The zero-order valence-electron chi connectivity index (χ0n) is 6.36. The van der Waals surface area contributed by atoms with Crippen LogP contribution < -0.4 is 0 Å². The SMILES string of the molecule is CS(=O)(=O)ON1CC=CCC1. The van der Waals surface area contributed by atoms with Gasteiger partial charge in [0.1, 0.15) is 0 Å². The van der Waals surface area contributed by atoms with Crippen molar-refractivity contribution in [3.63, 3.8) is 0 Å². The molecule has 1 heterocycles. The highest BCUT2D eigenvalue weighted by Crippen LogP contribution is 2.03. The number of hydrogen-bond acceptors (Lipinski definition) is 4. The monoisotopic (exact) mass is 177 g/mol. The molecule has 0 unspecified atom stereocenters. The normalized spacial score (nSPS) is 20.5. The lowest BCUT2D eigenvalue weighted by Gasteiger charge is -2.19. The van der Waals surface area contributed by atoms with Gasteiger partial charge in [0.15, 0.2) is 0 Å². The Morgan fingerprint density at radius 3 is 2.64 bits per heavy atom. The van der Waals surface area contributed by atoms with Crippen LogP contribution in [-0.4, -0.2) is 32.8 Å². The van der Waals surface area contributed by atoms with Crippen molar-refractivity contribution in [2.75, 3.05) is 19.3 Å². The highest BCUT2D eigenvalue weighted by Gasteiger charge is 2.12. The fourth-order valence-corrected chi connectivity index (χ4v) is 1.40. The summed E-state index contributed by atoms with van der Waals surface area (Å²) < 4.78 is 25.9. The molecule has 0 saturated heterocycles. The second-order valence-electron chi connectivity index (χ2n) is 2.43. The quantitative estimate of drug-likeness (QED) is 0.563. The first kappa shape index (κ1) is 8.70. The Balaban J connectivity index is 2.44. The van der Waals surface area contributed by atoms with E-state index < -0.39 is 10.1 Å². The minimum absolute atomic E-state index is 0.549. The van der Waals surface area contributed by atoms with E-state index >= 15 is 0 Å². The largest absolute Gasteiger partial charge is 0.280 e. The van der Waals surface area contributed by atoms with Gasteiger partial charge >= 0.3 is 0 Å². The second kappa shape index (κ2) is 3.34. The predicted octanol–water partition coefficient (Wildman–Crippen LogP) is 0.140. The first-order chi connectivity index (χ1) is 5.08. The van der Waals surface area contributed by atoms with Crippen molar-refractivity contribution >= 4 is 10.1 Å². The summed E-state index contributed by atoms with van der Waals surface area (Å²) in [4.78, 5) is 0. The van der Waals surface area contributed by atoms with Gasteiger partial charge in [0, 0.05) is 13.1 Å². The number of hydroxylamine groups is 2. The van der Waals surface area contributed by atoms with E-state index in [-0.39, 0.29) is 0 Å². The summed E-state index contributed by atoms with van der Waals surface area (Å²) in [5, 5.41) is 1.43. The molecule has 0 fully saturated rings. The van der Waals surface area contributed by atoms with Crippen molar-refractivity contribution in [2.24, 2.45) is 0 Å². The lowest BCUT2D eigenvalue weighted by atomic mass is 10.3. The van der Waals surface area contributed by atoms with E-state index in [9.17, 15) is 8.42 Å². The fraction of sp³-hybridized carbons (Fsp3) is 0.667. The fourth-order valence-electron chi connectivity index (χ4n) is 0.879. The van der Waals surface area contributed by atoms with E-state index in [2.05, 4.69) is 4.28 Å². The maximum absolute atomic E-state index is 10.6. The van der Waals surface area contributed by atoms with Crippen molar-refractivity contribution in [2.45, 2.75) is 6.42 Å². The Bertz CT molecular complexity index is 245. The Labute approximate surface area is 66.5 Å². The van der Waals surface area contributed by atoms with Crippen LogP contribution in [0.15, 0.2) is 12.2 Å². The average molecular weight is 177 g/mol. The summed E-state index contributed by atoms with van der Waals surface area (Å²) in [5.74, 6) is 0. The second-order valence-corrected chi connectivity index (χ2v) is 3.98. The minimum atomic E-state index is -3.33. The molecule has 0 aliphatic carbocycles. The van der Waals surface area contributed by atoms with Gasteiger partial charge in [-0.15, -0.1) is 0 Å². The van der Waals surface area contributed by atoms with Crippen molar-refractivity contribution in [1.29, 1.82) is 0 Å². The minimum Gasteiger partial charge on any atom is -0.198 e.